The maximum Gasteiger partial charge on any atom is 0.172 e. The van der Waals surface area contributed by atoms with Crippen molar-refractivity contribution in [3.8, 4) is 0 Å². The molecule has 0 radical (unpaired) electrons. The maximum absolute atomic E-state index is 14.1. The summed E-state index contributed by atoms with van der Waals surface area (Å²) in [6.07, 6.45) is 4.85. The second-order valence-electron chi connectivity index (χ2n) is 17.4. The fraction of sp³-hybridized carbons (Fsp3) is 0.875. The number of carbonyl (C=O) groups is 1. The lowest BCUT2D eigenvalue weighted by molar-refractivity contribution is -0.292. The Hall–Kier alpha value is -1.29. The average Bonchev–Trinajstić information content (AvgIpc) is 3.79. The van der Waals surface area contributed by atoms with E-state index in [1.165, 1.54) is 0 Å². The van der Waals surface area contributed by atoms with Gasteiger partial charge in [-0.1, -0.05) is 20.1 Å². The van der Waals surface area contributed by atoms with Gasteiger partial charge in [-0.3, -0.25) is 4.79 Å². The molecule has 0 aromatic carbocycles. The Morgan fingerprint density at radius 1 is 0.808 bits per heavy atom. The van der Waals surface area contributed by atoms with Crippen LogP contribution in [0, 0.1) is 11.8 Å². The molecule has 10 fully saturated rings. The number of aliphatic hydroxyl groups is 1. The van der Waals surface area contributed by atoms with Crippen molar-refractivity contribution in [1.82, 2.24) is 0 Å². The van der Waals surface area contributed by atoms with Crippen LogP contribution in [0.25, 0.3) is 0 Å². The molecule has 290 valence electrons. The zero-order valence-corrected chi connectivity index (χ0v) is 30.8. The molecule has 10 rings (SSSR count). The fourth-order valence-electron chi connectivity index (χ4n) is 11.3. The monoisotopic (exact) mass is 729 g/mol. The third-order valence-electron chi connectivity index (χ3n) is 14.0. The van der Waals surface area contributed by atoms with Crippen molar-refractivity contribution in [1.29, 1.82) is 0 Å². The van der Waals surface area contributed by atoms with Gasteiger partial charge >= 0.3 is 0 Å². The van der Waals surface area contributed by atoms with E-state index < -0.39 is 18.0 Å². The van der Waals surface area contributed by atoms with Crippen LogP contribution < -0.4 is 5.73 Å². The first kappa shape index (κ1) is 36.4. The van der Waals surface area contributed by atoms with Gasteiger partial charge in [0.1, 0.15) is 36.3 Å². The molecule has 10 saturated heterocycles. The molecule has 0 aromatic rings. The van der Waals surface area contributed by atoms with E-state index in [-0.39, 0.29) is 122 Å². The zero-order chi connectivity index (χ0) is 35.9. The van der Waals surface area contributed by atoms with Crippen LogP contribution in [0.4, 0.5) is 0 Å². The van der Waals surface area contributed by atoms with Gasteiger partial charge < -0.3 is 53.5 Å². The van der Waals surface area contributed by atoms with Gasteiger partial charge in [-0.2, -0.15) is 0 Å². The highest BCUT2D eigenvalue weighted by Crippen LogP contribution is 2.54. The van der Waals surface area contributed by atoms with Crippen LogP contribution >= 0.6 is 0 Å². The summed E-state index contributed by atoms with van der Waals surface area (Å²) in [6, 6.07) is 0. The van der Waals surface area contributed by atoms with Crippen LogP contribution in [0.2, 0.25) is 0 Å². The molecular weight excluding hydrogens is 670 g/mol. The first-order valence-corrected chi connectivity index (χ1v) is 20.2. The van der Waals surface area contributed by atoms with Gasteiger partial charge in [0.2, 0.25) is 0 Å². The summed E-state index contributed by atoms with van der Waals surface area (Å²) in [5.74, 6) is -0.619. The summed E-state index contributed by atoms with van der Waals surface area (Å²) in [5.41, 5.74) is 8.01. The molecule has 0 aromatic heterocycles. The number of rotatable bonds is 4. The number of carbonyl (C=O) groups excluding carboxylic acids is 1. The van der Waals surface area contributed by atoms with Crippen molar-refractivity contribution >= 4 is 5.78 Å². The Balaban J connectivity index is 0.994. The van der Waals surface area contributed by atoms with E-state index in [4.69, 9.17) is 48.4 Å². The highest BCUT2D eigenvalue weighted by molar-refractivity contribution is 5.79. The van der Waals surface area contributed by atoms with Gasteiger partial charge in [0.15, 0.2) is 5.79 Å². The second-order valence-corrected chi connectivity index (χ2v) is 17.4. The summed E-state index contributed by atoms with van der Waals surface area (Å²) in [5, 5.41) is 10.5. The Bertz CT molecular complexity index is 1380. The standard InChI is InChI=1S/C40H59NO11/c1-19-11-24-5-7-28-20(2)12-26(45-28)9-10-40-17-33-36(51-40)37-38(50-33)39(52-40)35-29(49-37)8-6-25(47-35)13-22(42)14-27-31(16-30(46-24)21(19)3)48-32(34(27)44-4)15-23(43)18-41/h19,23-39,43H,2-3,5-18,41H2,1,4H3/t19-,23+,24+,25-,26+,27+,28+,29+,30-,31?,32-,33-,34-,35+,36?,37+,38-,39+,40+/m1/s1. The number of aliphatic hydroxyl groups excluding tert-OH is 1. The SMILES string of the molecule is C=C1C[C@@H]2CC[C@@]34C[C@H]5O[C@H]6[C@@H](O3)[C@H]3O[C@H](CC[C@@H]3O[C@H]6C5O4)CC(=O)C[C@H]3C(C[C@H]4O[C@@H](CC[C@@H]1O2)C[C@@H](C)C4=C)O[C@H](C[C@H](O)CN)[C@@H]3OC. The highest BCUT2D eigenvalue weighted by atomic mass is 16.8. The lowest BCUT2D eigenvalue weighted by Crippen LogP contribution is -2.61. The van der Waals surface area contributed by atoms with Crippen molar-refractivity contribution in [3.63, 3.8) is 0 Å². The number of fused-ring (bicyclic) bond motifs is 6. The van der Waals surface area contributed by atoms with Gasteiger partial charge in [-0.25, -0.2) is 0 Å². The van der Waals surface area contributed by atoms with E-state index in [2.05, 4.69) is 20.1 Å². The number of hydrogen-bond acceptors (Lipinski definition) is 12. The molecular formula is C40H59NO11. The largest absolute Gasteiger partial charge is 0.392 e. The van der Waals surface area contributed by atoms with Crippen molar-refractivity contribution in [3.05, 3.63) is 24.3 Å². The molecule has 10 heterocycles. The lowest BCUT2D eigenvalue weighted by Gasteiger charge is -2.47. The highest BCUT2D eigenvalue weighted by Gasteiger charge is 2.68. The van der Waals surface area contributed by atoms with Crippen molar-refractivity contribution in [2.45, 2.75) is 194 Å². The van der Waals surface area contributed by atoms with Crippen LogP contribution in [0.1, 0.15) is 90.4 Å². The summed E-state index contributed by atoms with van der Waals surface area (Å²) in [4.78, 5) is 14.1. The Morgan fingerprint density at radius 3 is 2.38 bits per heavy atom. The number of ketones is 1. The van der Waals surface area contributed by atoms with E-state index in [0.29, 0.717) is 25.7 Å². The van der Waals surface area contributed by atoms with Gasteiger partial charge in [0.05, 0.1) is 67.1 Å². The molecule has 0 amide bonds. The number of hydrogen-bond donors (Lipinski definition) is 2. The molecule has 3 N–H and O–H groups in total. The number of nitrogens with two attached hydrogens (primary N) is 1. The Labute approximate surface area is 307 Å². The van der Waals surface area contributed by atoms with Gasteiger partial charge in [0.25, 0.3) is 0 Å². The molecule has 19 atom stereocenters. The third-order valence-corrected chi connectivity index (χ3v) is 14.0. The predicted octanol–water partition coefficient (Wildman–Crippen LogP) is 3.44. The minimum Gasteiger partial charge on any atom is -0.392 e. The summed E-state index contributed by atoms with van der Waals surface area (Å²) in [7, 11) is 1.66. The second kappa shape index (κ2) is 14.3. The predicted molar refractivity (Wildman–Crippen MR) is 186 cm³/mol. The smallest absolute Gasteiger partial charge is 0.172 e. The Morgan fingerprint density at radius 2 is 1.56 bits per heavy atom. The summed E-state index contributed by atoms with van der Waals surface area (Å²) in [6.45, 7) is 11.3. The van der Waals surface area contributed by atoms with E-state index in [1.54, 1.807) is 7.11 Å². The topological polar surface area (TPSA) is 146 Å². The zero-order valence-electron chi connectivity index (χ0n) is 30.8. The molecule has 2 unspecified atom stereocenters. The molecule has 1 spiro atoms. The average molecular weight is 730 g/mol. The van der Waals surface area contributed by atoms with Crippen LogP contribution in [0.15, 0.2) is 24.3 Å². The van der Waals surface area contributed by atoms with Crippen LogP contribution in [0.3, 0.4) is 0 Å². The number of methoxy groups -OCH3 is 1. The molecule has 10 aliphatic rings. The Kier molecular flexibility index (Phi) is 10.0. The fourth-order valence-corrected chi connectivity index (χ4v) is 11.3. The van der Waals surface area contributed by atoms with E-state index >= 15 is 0 Å². The molecule has 12 bridgehead atoms. The lowest BCUT2D eigenvalue weighted by atomic mass is 9.81. The molecule has 0 saturated carbocycles. The molecule has 0 aliphatic carbocycles. The molecule has 52 heavy (non-hydrogen) atoms. The third kappa shape index (κ3) is 6.59. The van der Waals surface area contributed by atoms with Crippen molar-refractivity contribution < 1.29 is 52.5 Å². The van der Waals surface area contributed by atoms with Crippen LogP contribution in [-0.4, -0.2) is 128 Å². The van der Waals surface area contributed by atoms with Gasteiger partial charge in [0, 0.05) is 58.1 Å². The van der Waals surface area contributed by atoms with Gasteiger partial charge in [-0.15, -0.1) is 0 Å². The van der Waals surface area contributed by atoms with Crippen LogP contribution in [-0.2, 0) is 47.4 Å². The molecule has 12 nitrogen and oxygen atoms in total. The minimum absolute atomic E-state index is 0.0158. The normalized spacial score (nSPS) is 52.4. The quantitative estimate of drug-likeness (QED) is 0.409. The maximum atomic E-state index is 14.1. The first-order valence-electron chi connectivity index (χ1n) is 20.2. The molecule has 10 aliphatic heterocycles. The summed E-state index contributed by atoms with van der Waals surface area (Å²) >= 11 is 0. The van der Waals surface area contributed by atoms with Crippen molar-refractivity contribution in [2.75, 3.05) is 13.7 Å². The van der Waals surface area contributed by atoms with E-state index in [1.807, 2.05) is 0 Å². The number of Topliss-reactive ketones (excluding diaryl/α,β-unsaturated/α-hetero) is 1. The van der Waals surface area contributed by atoms with Crippen LogP contribution in [0.5, 0.6) is 0 Å². The number of ether oxygens (including phenoxy) is 9. The first-order chi connectivity index (χ1) is 25.1. The van der Waals surface area contributed by atoms with Gasteiger partial charge in [-0.05, 0) is 62.0 Å². The van der Waals surface area contributed by atoms with Crippen molar-refractivity contribution in [2.24, 2.45) is 17.6 Å². The molecule has 12 heteroatoms. The minimum atomic E-state index is -0.780. The van der Waals surface area contributed by atoms with E-state index in [0.717, 1.165) is 56.1 Å². The van der Waals surface area contributed by atoms with E-state index in [9.17, 15) is 9.90 Å². The summed E-state index contributed by atoms with van der Waals surface area (Å²) < 4.78 is 60.0.